The van der Waals surface area contributed by atoms with Crippen LogP contribution in [-0.4, -0.2) is 45.4 Å². The highest BCUT2D eigenvalue weighted by Crippen LogP contribution is 2.16. The minimum Gasteiger partial charge on any atom is -0.496 e. The number of aliphatic imine (C=N–C) groups is 1. The molecule has 2 aromatic rings. The summed E-state index contributed by atoms with van der Waals surface area (Å²) in [5.41, 5.74) is 2.10. The average Bonchev–Trinajstić information content (AvgIpc) is 2.69. The Kier molecular flexibility index (Phi) is 11.2. The number of aromatic nitrogens is 1. The van der Waals surface area contributed by atoms with Crippen molar-refractivity contribution in [1.29, 1.82) is 0 Å². The number of hydrogen-bond donors (Lipinski definition) is 2. The molecule has 0 amide bonds. The van der Waals surface area contributed by atoms with Gasteiger partial charge in [-0.25, -0.2) is 4.98 Å². The highest BCUT2D eigenvalue weighted by Gasteiger charge is 2.04. The summed E-state index contributed by atoms with van der Waals surface area (Å²) in [6, 6.07) is 11.7. The normalized spacial score (nSPS) is 10.7. The van der Waals surface area contributed by atoms with Crippen LogP contribution in [0.4, 0.5) is 0 Å². The van der Waals surface area contributed by atoms with Crippen LogP contribution in [0, 0.1) is 0 Å². The number of benzene rings is 1. The van der Waals surface area contributed by atoms with Gasteiger partial charge in [-0.1, -0.05) is 24.3 Å². The predicted molar refractivity (Wildman–Crippen MR) is 117 cm³/mol. The van der Waals surface area contributed by atoms with Crippen LogP contribution in [0.5, 0.6) is 11.6 Å². The van der Waals surface area contributed by atoms with E-state index < -0.39 is 0 Å². The van der Waals surface area contributed by atoms with Crippen LogP contribution < -0.4 is 20.1 Å². The molecule has 0 atom stereocenters. The lowest BCUT2D eigenvalue weighted by Crippen LogP contribution is -2.36. The molecule has 1 heterocycles. The molecule has 1 aromatic heterocycles. The first-order valence-electron chi connectivity index (χ1n) is 8.40. The van der Waals surface area contributed by atoms with E-state index in [9.17, 15) is 0 Å². The monoisotopic (exact) mass is 486 g/mol. The van der Waals surface area contributed by atoms with Crippen LogP contribution in [-0.2, 0) is 17.8 Å². The van der Waals surface area contributed by atoms with E-state index in [0.29, 0.717) is 38.1 Å². The molecular formula is C19H27IN4O3. The number of nitrogens with zero attached hydrogens (tertiary/aromatic N) is 2. The Labute approximate surface area is 177 Å². The first kappa shape index (κ1) is 23.0. The van der Waals surface area contributed by atoms with Crippen LogP contribution in [0.25, 0.3) is 0 Å². The van der Waals surface area contributed by atoms with Gasteiger partial charge in [-0.05, 0) is 11.6 Å². The van der Waals surface area contributed by atoms with Gasteiger partial charge in [-0.2, -0.15) is 0 Å². The third-order valence-electron chi connectivity index (χ3n) is 3.66. The average molecular weight is 486 g/mol. The van der Waals surface area contributed by atoms with Crippen molar-refractivity contribution in [3.63, 3.8) is 0 Å². The Bertz CT molecular complexity index is 696. The molecular weight excluding hydrogens is 459 g/mol. The molecule has 27 heavy (non-hydrogen) atoms. The summed E-state index contributed by atoms with van der Waals surface area (Å²) in [5.74, 6) is 2.14. The molecule has 0 aliphatic rings. The van der Waals surface area contributed by atoms with E-state index in [4.69, 9.17) is 14.2 Å². The van der Waals surface area contributed by atoms with Crippen molar-refractivity contribution in [3.8, 4) is 11.6 Å². The van der Waals surface area contributed by atoms with Crippen molar-refractivity contribution in [2.75, 3.05) is 34.5 Å². The predicted octanol–water partition coefficient (Wildman–Crippen LogP) is 2.60. The van der Waals surface area contributed by atoms with Gasteiger partial charge in [0.25, 0.3) is 0 Å². The minimum absolute atomic E-state index is 0. The van der Waals surface area contributed by atoms with Crippen molar-refractivity contribution in [3.05, 3.63) is 53.7 Å². The number of nitrogens with one attached hydrogen (secondary N) is 2. The SMILES string of the molecule is CN=C(NCc1ccc(OCCOC)nc1)NCc1ccccc1OC.I. The molecule has 0 aliphatic carbocycles. The number of pyridine rings is 1. The summed E-state index contributed by atoms with van der Waals surface area (Å²) < 4.78 is 15.8. The highest BCUT2D eigenvalue weighted by atomic mass is 127. The fourth-order valence-electron chi connectivity index (χ4n) is 2.26. The molecule has 0 radical (unpaired) electrons. The molecule has 7 nitrogen and oxygen atoms in total. The van der Waals surface area contributed by atoms with Gasteiger partial charge in [-0.15, -0.1) is 24.0 Å². The van der Waals surface area contributed by atoms with E-state index >= 15 is 0 Å². The first-order valence-corrected chi connectivity index (χ1v) is 8.40. The van der Waals surface area contributed by atoms with Gasteiger partial charge < -0.3 is 24.8 Å². The fraction of sp³-hybridized carbons (Fsp3) is 0.368. The zero-order valence-corrected chi connectivity index (χ0v) is 18.2. The molecule has 1 aromatic carbocycles. The van der Waals surface area contributed by atoms with Gasteiger partial charge in [0.15, 0.2) is 5.96 Å². The number of hydrogen-bond acceptors (Lipinski definition) is 5. The van der Waals surface area contributed by atoms with Gasteiger partial charge in [0, 0.05) is 45.1 Å². The maximum atomic E-state index is 5.45. The van der Waals surface area contributed by atoms with Crippen LogP contribution in [0.1, 0.15) is 11.1 Å². The van der Waals surface area contributed by atoms with Crippen molar-refractivity contribution >= 4 is 29.9 Å². The first-order chi connectivity index (χ1) is 12.8. The van der Waals surface area contributed by atoms with Gasteiger partial charge in [0.2, 0.25) is 5.88 Å². The smallest absolute Gasteiger partial charge is 0.213 e. The zero-order chi connectivity index (χ0) is 18.6. The molecule has 0 unspecified atom stereocenters. The number of ether oxygens (including phenoxy) is 3. The van der Waals surface area contributed by atoms with E-state index in [-0.39, 0.29) is 24.0 Å². The number of methoxy groups -OCH3 is 2. The van der Waals surface area contributed by atoms with Crippen molar-refractivity contribution < 1.29 is 14.2 Å². The van der Waals surface area contributed by atoms with E-state index in [2.05, 4.69) is 20.6 Å². The topological polar surface area (TPSA) is 77.0 Å². The summed E-state index contributed by atoms with van der Waals surface area (Å²) in [5, 5.41) is 6.54. The molecule has 8 heteroatoms. The summed E-state index contributed by atoms with van der Waals surface area (Å²) in [6.45, 7) is 2.25. The lowest BCUT2D eigenvalue weighted by Gasteiger charge is -2.14. The Morgan fingerprint density at radius 3 is 2.48 bits per heavy atom. The molecule has 2 rings (SSSR count). The minimum atomic E-state index is 0. The van der Waals surface area contributed by atoms with Crippen molar-refractivity contribution in [2.24, 2.45) is 4.99 Å². The third kappa shape index (κ3) is 8.00. The van der Waals surface area contributed by atoms with E-state index in [1.165, 1.54) is 0 Å². The number of guanidine groups is 1. The summed E-state index contributed by atoms with van der Waals surface area (Å²) in [6.07, 6.45) is 1.78. The van der Waals surface area contributed by atoms with Gasteiger partial charge in [0.05, 0.1) is 13.7 Å². The second kappa shape index (κ2) is 13.2. The van der Waals surface area contributed by atoms with Crippen molar-refractivity contribution in [2.45, 2.75) is 13.1 Å². The summed E-state index contributed by atoms with van der Waals surface area (Å²) in [4.78, 5) is 8.51. The summed E-state index contributed by atoms with van der Waals surface area (Å²) in [7, 11) is 5.05. The highest BCUT2D eigenvalue weighted by molar-refractivity contribution is 14.0. The van der Waals surface area contributed by atoms with Gasteiger partial charge in [-0.3, -0.25) is 4.99 Å². The molecule has 0 fully saturated rings. The molecule has 0 aliphatic heterocycles. The molecule has 0 saturated carbocycles. The van der Waals surface area contributed by atoms with Gasteiger partial charge in [0.1, 0.15) is 12.4 Å². The molecule has 148 valence electrons. The van der Waals surface area contributed by atoms with Crippen LogP contribution in [0.15, 0.2) is 47.6 Å². The maximum Gasteiger partial charge on any atom is 0.213 e. The standard InChI is InChI=1S/C19H26N4O3.HI/c1-20-19(23-14-16-6-4-5-7-17(16)25-3)22-13-15-8-9-18(21-12-15)26-11-10-24-2;/h4-9,12H,10-11,13-14H2,1-3H3,(H2,20,22,23);1H. The van der Waals surface area contributed by atoms with Crippen molar-refractivity contribution in [1.82, 2.24) is 15.6 Å². The van der Waals surface area contributed by atoms with Crippen LogP contribution in [0.2, 0.25) is 0 Å². The number of rotatable bonds is 9. The molecule has 0 saturated heterocycles. The summed E-state index contributed by atoms with van der Waals surface area (Å²) >= 11 is 0. The number of halogens is 1. The second-order valence-corrected chi connectivity index (χ2v) is 5.44. The number of para-hydroxylation sites is 1. The zero-order valence-electron chi connectivity index (χ0n) is 15.9. The van der Waals surface area contributed by atoms with Gasteiger partial charge >= 0.3 is 0 Å². The lowest BCUT2D eigenvalue weighted by molar-refractivity contribution is 0.143. The quantitative estimate of drug-likeness (QED) is 0.246. The largest absolute Gasteiger partial charge is 0.496 e. The van der Waals surface area contributed by atoms with E-state index in [1.807, 2.05) is 36.4 Å². The molecule has 0 spiro atoms. The molecule has 0 bridgehead atoms. The van der Waals surface area contributed by atoms with Crippen LogP contribution >= 0.6 is 24.0 Å². The van der Waals surface area contributed by atoms with E-state index in [1.54, 1.807) is 27.5 Å². The fourth-order valence-corrected chi connectivity index (χ4v) is 2.26. The van der Waals surface area contributed by atoms with Crippen LogP contribution in [0.3, 0.4) is 0 Å². The Hall–Kier alpha value is -2.07. The molecule has 2 N–H and O–H groups in total. The Morgan fingerprint density at radius 2 is 1.81 bits per heavy atom. The van der Waals surface area contributed by atoms with E-state index in [0.717, 1.165) is 16.9 Å². The Balaban J connectivity index is 0.00000364. The second-order valence-electron chi connectivity index (χ2n) is 5.44. The Morgan fingerprint density at radius 1 is 1.04 bits per heavy atom. The lowest BCUT2D eigenvalue weighted by atomic mass is 10.2. The third-order valence-corrected chi connectivity index (χ3v) is 3.66. The maximum absolute atomic E-state index is 5.45.